The molecule has 12 heteroatoms. The second-order valence-electron chi connectivity index (χ2n) is 12.1. The van der Waals surface area contributed by atoms with Gasteiger partial charge in [-0.2, -0.15) is 0 Å². The van der Waals surface area contributed by atoms with E-state index in [1.807, 2.05) is 18.2 Å². The number of hydrogen-bond acceptors (Lipinski definition) is 8. The van der Waals surface area contributed by atoms with Gasteiger partial charge in [0, 0.05) is 19.5 Å². The zero-order valence-electron chi connectivity index (χ0n) is 25.3. The Labute approximate surface area is 252 Å². The van der Waals surface area contributed by atoms with E-state index in [9.17, 15) is 19.2 Å². The highest BCUT2D eigenvalue weighted by Gasteiger charge is 2.44. The van der Waals surface area contributed by atoms with Gasteiger partial charge in [-0.15, -0.1) is 11.8 Å². The number of esters is 2. The molecule has 10 nitrogen and oxygen atoms in total. The Kier molecular flexibility index (Phi) is 11.1. The molecule has 1 heterocycles. The van der Waals surface area contributed by atoms with Crippen molar-refractivity contribution in [3.8, 4) is 5.75 Å². The van der Waals surface area contributed by atoms with Gasteiger partial charge in [-0.1, -0.05) is 37.8 Å². The van der Waals surface area contributed by atoms with Crippen LogP contribution in [0.4, 0.5) is 10.5 Å². The van der Waals surface area contributed by atoms with Crippen LogP contribution in [-0.2, 0) is 19.1 Å². The van der Waals surface area contributed by atoms with Crippen LogP contribution in [0.2, 0.25) is 25.7 Å². The average Bonchev–Trinajstić information content (AvgIpc) is 3.36. The van der Waals surface area contributed by atoms with E-state index in [0.29, 0.717) is 29.4 Å². The third-order valence-corrected chi connectivity index (χ3v) is 9.22. The molecular formula is C30H41N3O7SSi. The highest BCUT2D eigenvalue weighted by Crippen LogP contribution is 2.42. The van der Waals surface area contributed by atoms with Crippen molar-refractivity contribution in [3.05, 3.63) is 59.7 Å². The summed E-state index contributed by atoms with van der Waals surface area (Å²) < 4.78 is 16.3. The summed E-state index contributed by atoms with van der Waals surface area (Å²) in [5.74, 6) is -0.447. The Balaban J connectivity index is 1.67. The number of methoxy groups -OCH3 is 1. The number of anilines is 1. The monoisotopic (exact) mass is 615 g/mol. The zero-order chi connectivity index (χ0) is 31.1. The van der Waals surface area contributed by atoms with Gasteiger partial charge in [0.25, 0.3) is 0 Å². The molecule has 1 fully saturated rings. The molecule has 0 aromatic heterocycles. The quantitative estimate of drug-likeness (QED) is 0.273. The molecule has 1 saturated heterocycles. The van der Waals surface area contributed by atoms with Gasteiger partial charge in [-0.25, -0.2) is 14.4 Å². The summed E-state index contributed by atoms with van der Waals surface area (Å²) in [6, 6.07) is 13.1. The van der Waals surface area contributed by atoms with Crippen LogP contribution in [-0.4, -0.2) is 74.5 Å². The standard InChI is InChI=1S/C30H41N3O7SSi/c1-30(2,3)40-28(36)24-19-41-26(20-10-9-13-23(17-20)38-4)33(24)25(34)18-31-29(37)32-22-12-8-11-21(16-22)27(35)39-14-15-42(5,6)7/h8-13,16-17,24,26H,14-15,18-19H2,1-7H3,(H2,31,32,37)/t24-,26+/m0/s1. The van der Waals surface area contributed by atoms with Gasteiger partial charge in [0.2, 0.25) is 5.91 Å². The van der Waals surface area contributed by atoms with Crippen LogP contribution in [0.5, 0.6) is 5.75 Å². The molecule has 1 aliphatic rings. The Bertz CT molecular complexity index is 1290. The summed E-state index contributed by atoms with van der Waals surface area (Å²) in [7, 11) is 0.217. The molecule has 2 atom stereocenters. The van der Waals surface area contributed by atoms with Crippen LogP contribution in [0.1, 0.15) is 42.1 Å². The van der Waals surface area contributed by atoms with Gasteiger partial charge in [-0.3, -0.25) is 4.79 Å². The maximum Gasteiger partial charge on any atom is 0.338 e. The predicted molar refractivity (Wildman–Crippen MR) is 167 cm³/mol. The molecule has 2 aromatic carbocycles. The molecule has 2 N–H and O–H groups in total. The van der Waals surface area contributed by atoms with Crippen molar-refractivity contribution in [2.45, 2.75) is 63.5 Å². The predicted octanol–water partition coefficient (Wildman–Crippen LogP) is 5.30. The second kappa shape index (κ2) is 14.1. The number of carbonyl (C=O) groups excluding carboxylic acids is 4. The van der Waals surface area contributed by atoms with E-state index < -0.39 is 49.0 Å². The van der Waals surface area contributed by atoms with E-state index in [4.69, 9.17) is 14.2 Å². The Morgan fingerprint density at radius 3 is 2.43 bits per heavy atom. The first-order valence-corrected chi connectivity index (χ1v) is 18.5. The van der Waals surface area contributed by atoms with Gasteiger partial charge < -0.3 is 29.7 Å². The van der Waals surface area contributed by atoms with Crippen LogP contribution in [0.15, 0.2) is 48.5 Å². The third-order valence-electron chi connectivity index (χ3n) is 6.19. The summed E-state index contributed by atoms with van der Waals surface area (Å²) in [6.07, 6.45) is 0. The normalized spacial score (nSPS) is 16.9. The molecule has 0 bridgehead atoms. The lowest BCUT2D eigenvalue weighted by atomic mass is 10.1. The summed E-state index contributed by atoms with van der Waals surface area (Å²) in [5.41, 5.74) is 0.752. The van der Waals surface area contributed by atoms with Crippen molar-refractivity contribution in [3.63, 3.8) is 0 Å². The van der Waals surface area contributed by atoms with Gasteiger partial charge in [0.05, 0.1) is 25.8 Å². The number of carbonyl (C=O) groups is 4. The number of rotatable bonds is 10. The fraction of sp³-hybridized carbons (Fsp3) is 0.467. The molecular weight excluding hydrogens is 574 g/mol. The third kappa shape index (κ3) is 9.80. The van der Waals surface area contributed by atoms with Crippen molar-refractivity contribution in [1.82, 2.24) is 10.2 Å². The molecule has 42 heavy (non-hydrogen) atoms. The average molecular weight is 616 g/mol. The fourth-order valence-electron chi connectivity index (χ4n) is 4.09. The van der Waals surface area contributed by atoms with E-state index in [1.165, 1.54) is 22.7 Å². The van der Waals surface area contributed by atoms with Crippen LogP contribution in [0.25, 0.3) is 0 Å². The SMILES string of the molecule is COc1cccc([C@H]2SC[C@@H](C(=O)OC(C)(C)C)N2C(=O)CNC(=O)Nc2cccc(C(=O)OCC[Si](C)(C)C)c2)c1. The topological polar surface area (TPSA) is 123 Å². The van der Waals surface area contributed by atoms with E-state index in [-0.39, 0.29) is 6.54 Å². The van der Waals surface area contributed by atoms with Crippen LogP contribution < -0.4 is 15.4 Å². The maximum atomic E-state index is 13.5. The maximum absolute atomic E-state index is 13.5. The zero-order valence-corrected chi connectivity index (χ0v) is 27.1. The van der Waals surface area contributed by atoms with Crippen molar-refractivity contribution < 1.29 is 33.4 Å². The second-order valence-corrected chi connectivity index (χ2v) is 18.9. The lowest BCUT2D eigenvalue weighted by Crippen LogP contribution is -2.49. The molecule has 3 amide bonds. The molecule has 2 aromatic rings. The molecule has 0 aliphatic carbocycles. The van der Waals surface area contributed by atoms with E-state index >= 15 is 0 Å². The number of urea groups is 1. The van der Waals surface area contributed by atoms with E-state index in [2.05, 4.69) is 30.3 Å². The Morgan fingerprint density at radius 1 is 1.05 bits per heavy atom. The molecule has 0 radical (unpaired) electrons. The number of hydrogen-bond donors (Lipinski definition) is 2. The molecule has 3 rings (SSSR count). The summed E-state index contributed by atoms with van der Waals surface area (Å²) >= 11 is 1.44. The van der Waals surface area contributed by atoms with Gasteiger partial charge in [-0.05, 0) is 62.7 Å². The molecule has 0 unspecified atom stereocenters. The van der Waals surface area contributed by atoms with Gasteiger partial charge >= 0.3 is 18.0 Å². The lowest BCUT2D eigenvalue weighted by molar-refractivity contribution is -0.163. The van der Waals surface area contributed by atoms with Crippen molar-refractivity contribution in [2.24, 2.45) is 0 Å². The molecule has 228 valence electrons. The number of ether oxygens (including phenoxy) is 3. The molecule has 0 spiro atoms. The molecule has 0 saturated carbocycles. The van der Waals surface area contributed by atoms with Crippen LogP contribution in [0.3, 0.4) is 0 Å². The minimum absolute atomic E-state index is 0.315. The molecule has 1 aliphatic heterocycles. The first-order valence-electron chi connectivity index (χ1n) is 13.8. The lowest BCUT2D eigenvalue weighted by Gasteiger charge is -2.30. The summed E-state index contributed by atoms with van der Waals surface area (Å²) in [4.78, 5) is 53.2. The highest BCUT2D eigenvalue weighted by molar-refractivity contribution is 7.99. The first-order chi connectivity index (χ1) is 19.7. The number of nitrogens with one attached hydrogen (secondary N) is 2. The van der Waals surface area contributed by atoms with Crippen molar-refractivity contribution in [1.29, 1.82) is 0 Å². The number of thioether (sulfide) groups is 1. The van der Waals surface area contributed by atoms with Gasteiger partial charge in [0.15, 0.2) is 0 Å². The van der Waals surface area contributed by atoms with Crippen molar-refractivity contribution in [2.75, 3.05) is 31.3 Å². The highest BCUT2D eigenvalue weighted by atomic mass is 32.2. The number of nitrogens with zero attached hydrogens (tertiary/aromatic N) is 1. The summed E-state index contributed by atoms with van der Waals surface area (Å²) in [6.45, 7) is 11.9. The number of benzene rings is 2. The fourth-order valence-corrected chi connectivity index (χ4v) is 6.23. The van der Waals surface area contributed by atoms with E-state index in [1.54, 1.807) is 52.1 Å². The van der Waals surface area contributed by atoms with Gasteiger partial charge in [0.1, 0.15) is 22.8 Å². The minimum Gasteiger partial charge on any atom is -0.497 e. The van der Waals surface area contributed by atoms with Crippen LogP contribution in [0, 0.1) is 0 Å². The minimum atomic E-state index is -1.34. The first kappa shape index (κ1) is 33.0. The Morgan fingerprint density at radius 2 is 1.76 bits per heavy atom. The Hall–Kier alpha value is -3.51. The largest absolute Gasteiger partial charge is 0.497 e. The summed E-state index contributed by atoms with van der Waals surface area (Å²) in [5, 5.41) is 4.75. The number of amides is 3. The van der Waals surface area contributed by atoms with Crippen molar-refractivity contribution >= 4 is 49.4 Å². The van der Waals surface area contributed by atoms with E-state index in [0.717, 1.165) is 11.6 Å². The van der Waals surface area contributed by atoms with Crippen LogP contribution >= 0.6 is 11.8 Å². The smallest absolute Gasteiger partial charge is 0.338 e.